The van der Waals surface area contributed by atoms with Crippen LogP contribution in [0.3, 0.4) is 0 Å². The summed E-state index contributed by atoms with van der Waals surface area (Å²) >= 11 is 0. The molecule has 8 aromatic rings. The lowest BCUT2D eigenvalue weighted by Gasteiger charge is -2.24. The lowest BCUT2D eigenvalue weighted by molar-refractivity contribution is 0.415. The molecule has 8 rings (SSSR count). The van der Waals surface area contributed by atoms with E-state index in [2.05, 4.69) is 75.4 Å². The molecule has 0 aliphatic heterocycles. The number of hydrogen-bond acceptors (Lipinski definition) is 3. The van der Waals surface area contributed by atoms with Crippen molar-refractivity contribution in [1.82, 2.24) is 0 Å². The fourth-order valence-corrected chi connectivity index (χ4v) is 6.92. The normalized spacial score (nSPS) is 12.3. The molecule has 44 heavy (non-hydrogen) atoms. The second-order valence-electron chi connectivity index (χ2n) is 12.9. The Bertz CT molecular complexity index is 2370. The first kappa shape index (κ1) is 26.4. The van der Waals surface area contributed by atoms with Gasteiger partial charge in [0, 0.05) is 0 Å². The molecule has 0 saturated heterocycles. The van der Waals surface area contributed by atoms with Crippen molar-refractivity contribution in [3.63, 3.8) is 0 Å². The largest absolute Gasteiger partial charge is 0.508 e. The standard InChI is InChI=1S/C41H32O3/c1-41(2,3)29-17-27-20-33(23-7-12-30(42)13-8-23)36-19-26-6-5-24-11-16-32(44-4)22-35(24)38(26)39-34(25-9-14-31(43)15-10-25)21-28(18-29)37(27)40(36)39/h5-22,42-43H,1-4H3. The Morgan fingerprint density at radius 3 is 1.66 bits per heavy atom. The highest BCUT2D eigenvalue weighted by atomic mass is 16.5. The number of phenolic OH excluding ortho intramolecular Hbond substituents is 2. The molecule has 0 spiro atoms. The summed E-state index contributed by atoms with van der Waals surface area (Å²) in [6, 6.07) is 37.5. The maximum Gasteiger partial charge on any atom is 0.119 e. The highest BCUT2D eigenvalue weighted by molar-refractivity contribution is 6.37. The predicted octanol–water partition coefficient (Wildman–Crippen LogP) is 10.9. The van der Waals surface area contributed by atoms with Crippen molar-refractivity contribution in [2.75, 3.05) is 7.11 Å². The summed E-state index contributed by atoms with van der Waals surface area (Å²) < 4.78 is 5.71. The minimum atomic E-state index is -0.0404. The molecule has 0 aliphatic rings. The van der Waals surface area contributed by atoms with Crippen LogP contribution in [0.5, 0.6) is 17.2 Å². The summed E-state index contributed by atoms with van der Waals surface area (Å²) in [5.74, 6) is 1.32. The fraction of sp³-hybridized carbons (Fsp3) is 0.122. The molecular formula is C41H32O3. The zero-order chi connectivity index (χ0) is 30.3. The van der Waals surface area contributed by atoms with Crippen LogP contribution in [0.25, 0.3) is 76.1 Å². The van der Waals surface area contributed by atoms with Crippen molar-refractivity contribution in [3.05, 3.63) is 115 Å². The molecule has 0 bridgehead atoms. The third-order valence-corrected chi connectivity index (χ3v) is 9.16. The van der Waals surface area contributed by atoms with Crippen LogP contribution < -0.4 is 4.74 Å². The molecule has 2 N–H and O–H groups in total. The molecule has 8 aromatic carbocycles. The number of benzene rings is 8. The summed E-state index contributed by atoms with van der Waals surface area (Å²) in [5, 5.41) is 32.2. The second-order valence-corrected chi connectivity index (χ2v) is 12.9. The maximum absolute atomic E-state index is 10.2. The molecule has 0 fully saturated rings. The molecule has 3 nitrogen and oxygen atoms in total. The van der Waals surface area contributed by atoms with Gasteiger partial charge < -0.3 is 14.9 Å². The fourth-order valence-electron chi connectivity index (χ4n) is 6.92. The summed E-state index contributed by atoms with van der Waals surface area (Å²) in [7, 11) is 1.71. The molecule has 214 valence electrons. The number of fused-ring (bicyclic) bond motifs is 4. The van der Waals surface area contributed by atoms with E-state index in [0.29, 0.717) is 0 Å². The Balaban J connectivity index is 1.68. The van der Waals surface area contributed by atoms with Gasteiger partial charge in [-0.15, -0.1) is 0 Å². The maximum atomic E-state index is 10.2. The summed E-state index contributed by atoms with van der Waals surface area (Å²) in [4.78, 5) is 0. The molecule has 0 atom stereocenters. The zero-order valence-electron chi connectivity index (χ0n) is 25.2. The quantitative estimate of drug-likeness (QED) is 0.164. The van der Waals surface area contributed by atoms with Crippen LogP contribution in [0.2, 0.25) is 0 Å². The van der Waals surface area contributed by atoms with Gasteiger partial charge in [-0.05, 0) is 142 Å². The highest BCUT2D eigenvalue weighted by Gasteiger charge is 2.23. The van der Waals surface area contributed by atoms with E-state index in [4.69, 9.17) is 4.74 Å². The van der Waals surface area contributed by atoms with Gasteiger partial charge in [0.05, 0.1) is 7.11 Å². The van der Waals surface area contributed by atoms with Gasteiger partial charge in [0.15, 0.2) is 0 Å². The molecule has 0 radical (unpaired) electrons. The van der Waals surface area contributed by atoms with Crippen LogP contribution in [-0.4, -0.2) is 17.3 Å². The van der Waals surface area contributed by atoms with E-state index in [0.717, 1.165) is 44.2 Å². The van der Waals surface area contributed by atoms with E-state index in [9.17, 15) is 10.2 Å². The van der Waals surface area contributed by atoms with Crippen LogP contribution in [0.1, 0.15) is 26.3 Å². The van der Waals surface area contributed by atoms with Gasteiger partial charge in [-0.25, -0.2) is 0 Å². The lowest BCUT2D eigenvalue weighted by Crippen LogP contribution is -2.11. The number of phenols is 2. The van der Waals surface area contributed by atoms with Crippen molar-refractivity contribution in [1.29, 1.82) is 0 Å². The second kappa shape index (κ2) is 9.36. The molecule has 0 aliphatic carbocycles. The zero-order valence-corrected chi connectivity index (χ0v) is 25.2. The van der Waals surface area contributed by atoms with Crippen LogP contribution in [-0.2, 0) is 5.41 Å². The molecule has 0 unspecified atom stereocenters. The van der Waals surface area contributed by atoms with Gasteiger partial charge in [0.2, 0.25) is 0 Å². The first-order valence-electron chi connectivity index (χ1n) is 15.0. The predicted molar refractivity (Wildman–Crippen MR) is 185 cm³/mol. The average molecular weight is 573 g/mol. The van der Waals surface area contributed by atoms with Gasteiger partial charge in [0.1, 0.15) is 17.2 Å². The van der Waals surface area contributed by atoms with E-state index in [1.165, 1.54) is 43.3 Å². The van der Waals surface area contributed by atoms with Crippen molar-refractivity contribution < 1.29 is 14.9 Å². The lowest BCUT2D eigenvalue weighted by atomic mass is 9.79. The van der Waals surface area contributed by atoms with Crippen LogP contribution in [0.4, 0.5) is 0 Å². The summed E-state index contributed by atoms with van der Waals surface area (Å²) in [5.41, 5.74) is 5.59. The van der Waals surface area contributed by atoms with Crippen LogP contribution in [0.15, 0.2) is 109 Å². The van der Waals surface area contributed by atoms with Gasteiger partial charge >= 0.3 is 0 Å². The SMILES string of the molecule is COc1ccc2ccc3cc4c(-c5ccc(O)cc5)cc5cc(C(C)(C)C)cc6cc(-c7ccc(O)cc7)c(c3c2c1)c4c56. The minimum absolute atomic E-state index is 0.0404. The van der Waals surface area contributed by atoms with E-state index in [-0.39, 0.29) is 16.9 Å². The van der Waals surface area contributed by atoms with Crippen LogP contribution >= 0.6 is 0 Å². The van der Waals surface area contributed by atoms with Gasteiger partial charge in [0.25, 0.3) is 0 Å². The van der Waals surface area contributed by atoms with E-state index in [1.54, 1.807) is 31.4 Å². The highest BCUT2D eigenvalue weighted by Crippen LogP contribution is 2.49. The Morgan fingerprint density at radius 2 is 1.05 bits per heavy atom. The number of ether oxygens (including phenoxy) is 1. The van der Waals surface area contributed by atoms with Crippen molar-refractivity contribution in [3.8, 4) is 39.5 Å². The molecule has 0 aromatic heterocycles. The van der Waals surface area contributed by atoms with Crippen LogP contribution in [0, 0.1) is 0 Å². The minimum Gasteiger partial charge on any atom is -0.508 e. The Kier molecular flexibility index (Phi) is 5.61. The molecule has 3 heteroatoms. The monoisotopic (exact) mass is 572 g/mol. The van der Waals surface area contributed by atoms with Crippen molar-refractivity contribution in [2.45, 2.75) is 26.2 Å². The number of hydrogen-bond donors (Lipinski definition) is 2. The smallest absolute Gasteiger partial charge is 0.119 e. The van der Waals surface area contributed by atoms with E-state index < -0.39 is 0 Å². The first-order chi connectivity index (χ1) is 21.2. The third kappa shape index (κ3) is 3.96. The van der Waals surface area contributed by atoms with E-state index in [1.807, 2.05) is 30.3 Å². The van der Waals surface area contributed by atoms with Gasteiger partial charge in [-0.2, -0.15) is 0 Å². The van der Waals surface area contributed by atoms with Gasteiger partial charge in [-0.1, -0.05) is 75.4 Å². The molecular weight excluding hydrogens is 540 g/mol. The summed E-state index contributed by atoms with van der Waals surface area (Å²) in [6.45, 7) is 6.78. The summed E-state index contributed by atoms with van der Waals surface area (Å²) in [6.07, 6.45) is 0. The Morgan fingerprint density at radius 1 is 0.477 bits per heavy atom. The third-order valence-electron chi connectivity index (χ3n) is 9.16. The average Bonchev–Trinajstić information content (AvgIpc) is 3.02. The Hall–Kier alpha value is -5.28. The molecule has 0 heterocycles. The van der Waals surface area contributed by atoms with Crippen molar-refractivity contribution in [2.24, 2.45) is 0 Å². The molecule has 0 amide bonds. The Labute approximate surface area is 255 Å². The number of methoxy groups -OCH3 is 1. The topological polar surface area (TPSA) is 49.7 Å². The van der Waals surface area contributed by atoms with E-state index >= 15 is 0 Å². The van der Waals surface area contributed by atoms with Crippen molar-refractivity contribution >= 4 is 53.9 Å². The first-order valence-corrected chi connectivity index (χ1v) is 15.0. The molecule has 0 saturated carbocycles. The number of rotatable bonds is 3. The van der Waals surface area contributed by atoms with Gasteiger partial charge in [-0.3, -0.25) is 0 Å². The number of aromatic hydroxyl groups is 2.